The van der Waals surface area contributed by atoms with Crippen molar-refractivity contribution in [1.82, 2.24) is 9.62 Å². The van der Waals surface area contributed by atoms with Crippen LogP contribution in [0.1, 0.15) is 12.5 Å². The van der Waals surface area contributed by atoms with Gasteiger partial charge < -0.3 is 5.32 Å². The molecule has 1 N–H and O–H groups in total. The average Bonchev–Trinajstić information content (AvgIpc) is 2.32. The number of halogens is 2. The zero-order valence-corrected chi connectivity index (χ0v) is 13.1. The van der Waals surface area contributed by atoms with E-state index in [1.165, 1.54) is 0 Å². The Morgan fingerprint density at radius 3 is 2.74 bits per heavy atom. The van der Waals surface area contributed by atoms with Crippen molar-refractivity contribution in [1.29, 1.82) is 0 Å². The first-order chi connectivity index (χ1) is 8.50. The maximum Gasteiger partial charge on any atom is 0.218 e. The van der Waals surface area contributed by atoms with Crippen molar-refractivity contribution >= 4 is 34.0 Å². The molecule has 0 amide bonds. The third kappa shape index (κ3) is 4.07. The molecule has 1 aromatic carbocycles. The molecule has 1 fully saturated rings. The zero-order valence-electron chi connectivity index (χ0n) is 10.7. The molecule has 1 aliphatic heterocycles. The molecule has 1 saturated heterocycles. The molecule has 1 atom stereocenters. The van der Waals surface area contributed by atoms with Crippen LogP contribution in [0.15, 0.2) is 24.3 Å². The van der Waals surface area contributed by atoms with Gasteiger partial charge in [0.15, 0.2) is 0 Å². The Kier molecular flexibility index (Phi) is 6.08. The minimum atomic E-state index is -3.30. The predicted octanol–water partition coefficient (Wildman–Crippen LogP) is 1.89. The van der Waals surface area contributed by atoms with Crippen molar-refractivity contribution in [2.24, 2.45) is 0 Å². The molecule has 4 nitrogen and oxygen atoms in total. The van der Waals surface area contributed by atoms with Gasteiger partial charge in [-0.15, -0.1) is 12.4 Å². The normalized spacial score (nSPS) is 20.8. The van der Waals surface area contributed by atoms with E-state index in [0.717, 1.165) is 0 Å². The number of sulfonamides is 1. The van der Waals surface area contributed by atoms with E-state index < -0.39 is 10.0 Å². The molecule has 1 heterocycles. The maximum atomic E-state index is 12.4. The fourth-order valence-corrected chi connectivity index (χ4v) is 4.22. The molecule has 19 heavy (non-hydrogen) atoms. The van der Waals surface area contributed by atoms with Gasteiger partial charge in [0.05, 0.1) is 5.75 Å². The van der Waals surface area contributed by atoms with Crippen molar-refractivity contribution in [3.8, 4) is 0 Å². The summed E-state index contributed by atoms with van der Waals surface area (Å²) in [6.07, 6.45) is 0. The van der Waals surface area contributed by atoms with Crippen molar-refractivity contribution < 1.29 is 8.42 Å². The second-order valence-electron chi connectivity index (χ2n) is 4.51. The van der Waals surface area contributed by atoms with Gasteiger partial charge in [0.1, 0.15) is 0 Å². The van der Waals surface area contributed by atoms with Gasteiger partial charge in [-0.3, -0.25) is 0 Å². The van der Waals surface area contributed by atoms with Gasteiger partial charge >= 0.3 is 0 Å². The highest BCUT2D eigenvalue weighted by molar-refractivity contribution is 7.88. The van der Waals surface area contributed by atoms with Crippen molar-refractivity contribution in [2.45, 2.75) is 18.7 Å². The minimum absolute atomic E-state index is 0. The van der Waals surface area contributed by atoms with E-state index in [1.54, 1.807) is 28.6 Å². The molecule has 0 spiro atoms. The summed E-state index contributed by atoms with van der Waals surface area (Å²) in [6.45, 7) is 3.83. The third-order valence-electron chi connectivity index (χ3n) is 3.09. The second kappa shape index (κ2) is 6.90. The first-order valence-electron chi connectivity index (χ1n) is 5.94. The van der Waals surface area contributed by atoms with Crippen LogP contribution in [-0.4, -0.2) is 38.4 Å². The summed E-state index contributed by atoms with van der Waals surface area (Å²) in [4.78, 5) is 0. The SMILES string of the molecule is CC1CNCCN1S(=O)(=O)Cc1ccccc1Cl.Cl. The van der Waals surface area contributed by atoms with Crippen LogP contribution in [0.4, 0.5) is 0 Å². The van der Waals surface area contributed by atoms with Crippen LogP contribution in [0.25, 0.3) is 0 Å². The molecule has 1 aromatic rings. The van der Waals surface area contributed by atoms with Gasteiger partial charge in [-0.25, -0.2) is 8.42 Å². The number of piperazine rings is 1. The lowest BCUT2D eigenvalue weighted by Crippen LogP contribution is -2.52. The number of rotatable bonds is 3. The lowest BCUT2D eigenvalue weighted by molar-refractivity contribution is 0.283. The Bertz CT molecular complexity index is 522. The lowest BCUT2D eigenvalue weighted by Gasteiger charge is -2.32. The number of nitrogens with one attached hydrogen (secondary N) is 1. The fraction of sp³-hybridized carbons (Fsp3) is 0.500. The molecular weight excluding hydrogens is 307 g/mol. The topological polar surface area (TPSA) is 49.4 Å². The average molecular weight is 325 g/mol. The van der Waals surface area contributed by atoms with Crippen LogP contribution in [0, 0.1) is 0 Å². The monoisotopic (exact) mass is 324 g/mol. The summed E-state index contributed by atoms with van der Waals surface area (Å²) >= 11 is 6.01. The molecule has 0 radical (unpaired) electrons. The van der Waals surface area contributed by atoms with Crippen molar-refractivity contribution in [3.63, 3.8) is 0 Å². The number of nitrogens with zero attached hydrogens (tertiary/aromatic N) is 1. The molecule has 2 rings (SSSR count). The Labute approximate surface area is 125 Å². The van der Waals surface area contributed by atoms with Crippen LogP contribution in [0.3, 0.4) is 0 Å². The summed E-state index contributed by atoms with van der Waals surface area (Å²) in [7, 11) is -3.30. The summed E-state index contributed by atoms with van der Waals surface area (Å²) in [5.74, 6) is -0.0307. The summed E-state index contributed by atoms with van der Waals surface area (Å²) in [5.41, 5.74) is 0.657. The van der Waals surface area contributed by atoms with E-state index in [2.05, 4.69) is 5.32 Å². The van der Waals surface area contributed by atoms with Crippen molar-refractivity contribution in [2.75, 3.05) is 19.6 Å². The highest BCUT2D eigenvalue weighted by Crippen LogP contribution is 2.21. The Hall–Kier alpha value is -0.330. The van der Waals surface area contributed by atoms with E-state index in [1.807, 2.05) is 6.92 Å². The zero-order chi connectivity index (χ0) is 13.2. The molecule has 0 bridgehead atoms. The summed E-state index contributed by atoms with van der Waals surface area (Å²) in [6, 6.07) is 7.07. The van der Waals surface area contributed by atoms with E-state index in [-0.39, 0.29) is 24.2 Å². The van der Waals surface area contributed by atoms with E-state index in [9.17, 15) is 8.42 Å². The Balaban J connectivity index is 0.00000180. The van der Waals surface area contributed by atoms with E-state index >= 15 is 0 Å². The van der Waals surface area contributed by atoms with Gasteiger partial charge in [0, 0.05) is 30.7 Å². The lowest BCUT2D eigenvalue weighted by atomic mass is 10.2. The third-order valence-corrected chi connectivity index (χ3v) is 5.39. The van der Waals surface area contributed by atoms with Gasteiger partial charge in [0.2, 0.25) is 10.0 Å². The smallest absolute Gasteiger partial charge is 0.218 e. The van der Waals surface area contributed by atoms with Gasteiger partial charge in [-0.1, -0.05) is 29.8 Å². The van der Waals surface area contributed by atoms with Gasteiger partial charge in [-0.2, -0.15) is 4.31 Å². The molecular formula is C12H18Cl2N2O2S. The highest BCUT2D eigenvalue weighted by atomic mass is 35.5. The van der Waals surface area contributed by atoms with Crippen LogP contribution in [0.2, 0.25) is 5.02 Å². The summed E-state index contributed by atoms with van der Waals surface area (Å²) < 4.78 is 26.3. The first-order valence-corrected chi connectivity index (χ1v) is 7.93. The quantitative estimate of drug-likeness (QED) is 0.923. The highest BCUT2D eigenvalue weighted by Gasteiger charge is 2.29. The second-order valence-corrected chi connectivity index (χ2v) is 6.84. The van der Waals surface area contributed by atoms with Gasteiger partial charge in [-0.05, 0) is 18.6 Å². The Morgan fingerprint density at radius 1 is 1.42 bits per heavy atom. The molecule has 108 valence electrons. The molecule has 0 saturated carbocycles. The minimum Gasteiger partial charge on any atom is -0.314 e. The van der Waals surface area contributed by atoms with Crippen LogP contribution in [0.5, 0.6) is 0 Å². The van der Waals surface area contributed by atoms with E-state index in [0.29, 0.717) is 30.2 Å². The maximum absolute atomic E-state index is 12.4. The molecule has 0 aromatic heterocycles. The van der Waals surface area contributed by atoms with Crippen LogP contribution >= 0.6 is 24.0 Å². The molecule has 1 unspecified atom stereocenters. The standard InChI is InChI=1S/C12H17ClN2O2S.ClH/c1-10-8-14-6-7-15(10)18(16,17)9-11-4-2-3-5-12(11)13;/h2-5,10,14H,6-9H2,1H3;1H. The Morgan fingerprint density at radius 2 is 2.11 bits per heavy atom. The first kappa shape index (κ1) is 16.7. The van der Waals surface area contributed by atoms with E-state index in [4.69, 9.17) is 11.6 Å². The molecule has 0 aliphatic carbocycles. The van der Waals surface area contributed by atoms with Crippen LogP contribution in [-0.2, 0) is 15.8 Å². The predicted molar refractivity (Wildman–Crippen MR) is 80.4 cm³/mol. The van der Waals surface area contributed by atoms with Crippen LogP contribution < -0.4 is 5.32 Å². The number of hydrogen-bond acceptors (Lipinski definition) is 3. The van der Waals surface area contributed by atoms with Gasteiger partial charge in [0.25, 0.3) is 0 Å². The fourth-order valence-electron chi connectivity index (χ4n) is 2.13. The summed E-state index contributed by atoms with van der Waals surface area (Å²) in [5, 5.41) is 3.68. The van der Waals surface area contributed by atoms with Crippen molar-refractivity contribution in [3.05, 3.63) is 34.9 Å². The molecule has 7 heteroatoms. The number of hydrogen-bond donors (Lipinski definition) is 1. The number of benzene rings is 1. The molecule has 1 aliphatic rings. The largest absolute Gasteiger partial charge is 0.314 e.